The molecule has 6 nitrogen and oxygen atoms in total. The zero-order valence-corrected chi connectivity index (χ0v) is 12.5. The third-order valence-electron chi connectivity index (χ3n) is 3.16. The van der Waals surface area contributed by atoms with Crippen molar-refractivity contribution in [3.63, 3.8) is 0 Å². The minimum absolute atomic E-state index is 0.279. The molecule has 2 aromatic rings. The second-order valence-electron chi connectivity index (χ2n) is 5.40. The zero-order chi connectivity index (χ0) is 14.5. The number of hydrogen-bond acceptors (Lipinski definition) is 5. The number of aromatic nitrogens is 4. The van der Waals surface area contributed by atoms with Gasteiger partial charge < -0.3 is 10.2 Å². The topological polar surface area (TPSA) is 58.9 Å². The van der Waals surface area contributed by atoms with Gasteiger partial charge in [0, 0.05) is 18.6 Å². The van der Waals surface area contributed by atoms with E-state index in [4.69, 9.17) is 0 Å². The van der Waals surface area contributed by atoms with E-state index in [1.165, 1.54) is 5.56 Å². The Morgan fingerprint density at radius 2 is 2.10 bits per heavy atom. The first kappa shape index (κ1) is 14.6. The number of nitrogens with zero attached hydrogens (tertiary/aromatic N) is 5. The molecular weight excluding hydrogens is 252 g/mol. The number of likely N-dealkylation sites (N-methyl/N-ethyl adjacent to an activating group) is 1. The summed E-state index contributed by atoms with van der Waals surface area (Å²) in [5.41, 5.74) is 2.20. The van der Waals surface area contributed by atoms with Gasteiger partial charge in [-0.25, -0.2) is 4.68 Å². The van der Waals surface area contributed by atoms with Gasteiger partial charge in [-0.15, -0.1) is 5.10 Å². The molecule has 20 heavy (non-hydrogen) atoms. The van der Waals surface area contributed by atoms with Crippen LogP contribution in [-0.2, 0) is 0 Å². The Balaban J connectivity index is 2.07. The Morgan fingerprint density at radius 3 is 2.75 bits per heavy atom. The maximum absolute atomic E-state index is 3.92. The van der Waals surface area contributed by atoms with Gasteiger partial charge >= 0.3 is 0 Å². The third-order valence-corrected chi connectivity index (χ3v) is 3.16. The Hall–Kier alpha value is -1.79. The van der Waals surface area contributed by atoms with Crippen LogP contribution in [-0.4, -0.2) is 51.8 Å². The molecule has 0 amide bonds. The van der Waals surface area contributed by atoms with E-state index in [1.54, 1.807) is 11.0 Å². The van der Waals surface area contributed by atoms with E-state index in [0.717, 1.165) is 12.2 Å². The van der Waals surface area contributed by atoms with Crippen molar-refractivity contribution in [2.24, 2.45) is 0 Å². The van der Waals surface area contributed by atoms with Gasteiger partial charge in [-0.1, -0.05) is 12.1 Å². The van der Waals surface area contributed by atoms with E-state index in [-0.39, 0.29) is 6.04 Å². The maximum Gasteiger partial charge on any atom is 0.143 e. The Labute approximate surface area is 119 Å². The van der Waals surface area contributed by atoms with Crippen molar-refractivity contribution in [3.8, 4) is 5.69 Å². The summed E-state index contributed by atoms with van der Waals surface area (Å²) in [6, 6.07) is 8.96. The molecule has 1 heterocycles. The van der Waals surface area contributed by atoms with Crippen LogP contribution < -0.4 is 5.32 Å². The van der Waals surface area contributed by atoms with Crippen LogP contribution in [0.25, 0.3) is 5.69 Å². The molecule has 0 aliphatic carbocycles. The molecule has 0 bridgehead atoms. The van der Waals surface area contributed by atoms with Crippen molar-refractivity contribution >= 4 is 0 Å². The summed E-state index contributed by atoms with van der Waals surface area (Å²) in [7, 11) is 4.17. The molecule has 2 rings (SSSR count). The van der Waals surface area contributed by atoms with Crippen LogP contribution in [0.5, 0.6) is 0 Å². The fourth-order valence-corrected chi connectivity index (χ4v) is 2.34. The van der Waals surface area contributed by atoms with Crippen LogP contribution in [0.4, 0.5) is 0 Å². The van der Waals surface area contributed by atoms with Gasteiger partial charge in [-0.2, -0.15) is 0 Å². The smallest absolute Gasteiger partial charge is 0.143 e. The summed E-state index contributed by atoms with van der Waals surface area (Å²) in [5, 5.41) is 14.8. The first-order valence-electron chi connectivity index (χ1n) is 6.80. The second kappa shape index (κ2) is 6.58. The fourth-order valence-electron chi connectivity index (χ4n) is 2.34. The summed E-state index contributed by atoms with van der Waals surface area (Å²) in [5.74, 6) is 0. The molecule has 0 aliphatic rings. The summed E-state index contributed by atoms with van der Waals surface area (Å²) >= 11 is 0. The SMILES string of the molecule is CC(CN(C)C)NC(C)c1cccc(-n2cnnn2)c1. The first-order chi connectivity index (χ1) is 9.56. The number of nitrogens with one attached hydrogen (secondary N) is 1. The molecule has 2 atom stereocenters. The predicted octanol–water partition coefficient (Wildman–Crippen LogP) is 1.26. The molecular formula is C14H22N6. The third kappa shape index (κ3) is 3.85. The molecule has 1 aromatic carbocycles. The van der Waals surface area contributed by atoms with Gasteiger partial charge in [-0.3, -0.25) is 0 Å². The van der Waals surface area contributed by atoms with Crippen molar-refractivity contribution in [2.45, 2.75) is 25.9 Å². The van der Waals surface area contributed by atoms with E-state index in [1.807, 2.05) is 12.1 Å². The minimum Gasteiger partial charge on any atom is -0.308 e. The lowest BCUT2D eigenvalue weighted by Gasteiger charge is -2.23. The lowest BCUT2D eigenvalue weighted by Crippen LogP contribution is -2.37. The van der Waals surface area contributed by atoms with Gasteiger partial charge in [0.1, 0.15) is 6.33 Å². The van der Waals surface area contributed by atoms with E-state index in [9.17, 15) is 0 Å². The van der Waals surface area contributed by atoms with E-state index in [2.05, 4.69) is 65.8 Å². The molecule has 0 spiro atoms. The molecule has 0 fully saturated rings. The van der Waals surface area contributed by atoms with Crippen molar-refractivity contribution < 1.29 is 0 Å². The van der Waals surface area contributed by atoms with Gasteiger partial charge in [0.15, 0.2) is 0 Å². The quantitative estimate of drug-likeness (QED) is 0.859. The molecule has 1 aromatic heterocycles. The highest BCUT2D eigenvalue weighted by Gasteiger charge is 2.11. The minimum atomic E-state index is 0.279. The van der Waals surface area contributed by atoms with Crippen molar-refractivity contribution in [1.82, 2.24) is 30.4 Å². The zero-order valence-electron chi connectivity index (χ0n) is 12.5. The molecule has 0 saturated carbocycles. The van der Waals surface area contributed by atoms with Crippen molar-refractivity contribution in [2.75, 3.05) is 20.6 Å². The molecule has 6 heteroatoms. The standard InChI is InChI=1S/C14H22N6/c1-11(9-19(3)4)16-12(2)13-6-5-7-14(8-13)20-10-15-17-18-20/h5-8,10-12,16H,9H2,1-4H3. The van der Waals surface area contributed by atoms with Gasteiger partial charge in [0.2, 0.25) is 0 Å². The van der Waals surface area contributed by atoms with Crippen LogP contribution in [0.1, 0.15) is 25.5 Å². The van der Waals surface area contributed by atoms with Crippen LogP contribution in [0.3, 0.4) is 0 Å². The van der Waals surface area contributed by atoms with Gasteiger partial charge in [-0.05, 0) is 56.1 Å². The van der Waals surface area contributed by atoms with Gasteiger partial charge in [0.05, 0.1) is 5.69 Å². The van der Waals surface area contributed by atoms with Crippen LogP contribution >= 0.6 is 0 Å². The lowest BCUT2D eigenvalue weighted by atomic mass is 10.1. The number of tetrazole rings is 1. The monoisotopic (exact) mass is 274 g/mol. The van der Waals surface area contributed by atoms with E-state index in [0.29, 0.717) is 6.04 Å². The van der Waals surface area contributed by atoms with Crippen molar-refractivity contribution in [3.05, 3.63) is 36.2 Å². The average molecular weight is 274 g/mol. The molecule has 2 unspecified atom stereocenters. The highest BCUT2D eigenvalue weighted by molar-refractivity contribution is 5.35. The molecule has 0 radical (unpaired) electrons. The molecule has 108 valence electrons. The number of rotatable bonds is 6. The largest absolute Gasteiger partial charge is 0.308 e. The second-order valence-corrected chi connectivity index (χ2v) is 5.40. The summed E-state index contributed by atoms with van der Waals surface area (Å²) < 4.78 is 1.67. The Bertz CT molecular complexity index is 522. The molecule has 1 N–H and O–H groups in total. The average Bonchev–Trinajstić information content (AvgIpc) is 2.91. The predicted molar refractivity (Wildman–Crippen MR) is 78.7 cm³/mol. The van der Waals surface area contributed by atoms with E-state index >= 15 is 0 Å². The highest BCUT2D eigenvalue weighted by Crippen LogP contribution is 2.16. The fraction of sp³-hybridized carbons (Fsp3) is 0.500. The normalized spacial score (nSPS) is 14.4. The number of benzene rings is 1. The van der Waals surface area contributed by atoms with Gasteiger partial charge in [0.25, 0.3) is 0 Å². The Morgan fingerprint density at radius 1 is 1.30 bits per heavy atom. The van der Waals surface area contributed by atoms with Crippen molar-refractivity contribution in [1.29, 1.82) is 0 Å². The first-order valence-corrected chi connectivity index (χ1v) is 6.80. The van der Waals surface area contributed by atoms with Crippen LogP contribution in [0, 0.1) is 0 Å². The lowest BCUT2D eigenvalue weighted by molar-refractivity contribution is 0.334. The Kier molecular flexibility index (Phi) is 4.81. The highest BCUT2D eigenvalue weighted by atomic mass is 15.5. The summed E-state index contributed by atoms with van der Waals surface area (Å²) in [6.45, 7) is 5.38. The molecule has 0 aliphatic heterocycles. The maximum atomic E-state index is 3.92. The molecule has 0 saturated heterocycles. The van der Waals surface area contributed by atoms with Crippen LogP contribution in [0.2, 0.25) is 0 Å². The summed E-state index contributed by atoms with van der Waals surface area (Å²) in [6.07, 6.45) is 1.60. The summed E-state index contributed by atoms with van der Waals surface area (Å²) in [4.78, 5) is 2.18. The van der Waals surface area contributed by atoms with Crippen LogP contribution in [0.15, 0.2) is 30.6 Å². The number of hydrogen-bond donors (Lipinski definition) is 1. The van der Waals surface area contributed by atoms with E-state index < -0.39 is 0 Å².